The SMILES string of the molecule is CC12c3ccccc3C(c3ccccc31)C1C(=O)N(c3cccc(C(=O)O)c3)C(=O)C12. The molecule has 0 radical (unpaired) electrons. The number of carbonyl (C=O) groups is 3. The zero-order valence-corrected chi connectivity index (χ0v) is 16.8. The Morgan fingerprint density at radius 2 is 1.48 bits per heavy atom. The summed E-state index contributed by atoms with van der Waals surface area (Å²) in [5.74, 6) is -2.82. The molecule has 2 unspecified atom stereocenters. The fourth-order valence-corrected chi connectivity index (χ4v) is 6.18. The van der Waals surface area contributed by atoms with Gasteiger partial charge in [-0.1, -0.05) is 61.5 Å². The van der Waals surface area contributed by atoms with Crippen LogP contribution in [-0.4, -0.2) is 22.9 Å². The normalized spacial score (nSPS) is 27.6. The van der Waals surface area contributed by atoms with E-state index in [0.717, 1.165) is 22.3 Å². The van der Waals surface area contributed by atoms with E-state index < -0.39 is 23.2 Å². The van der Waals surface area contributed by atoms with Gasteiger partial charge in [-0.2, -0.15) is 0 Å². The number of carbonyl (C=O) groups excluding carboxylic acids is 2. The Kier molecular flexibility index (Phi) is 3.45. The van der Waals surface area contributed by atoms with Crippen molar-refractivity contribution in [3.63, 3.8) is 0 Å². The highest BCUT2D eigenvalue weighted by Gasteiger charge is 2.66. The number of aromatic carboxylic acids is 1. The molecule has 1 N–H and O–H groups in total. The van der Waals surface area contributed by atoms with Crippen LogP contribution in [0.4, 0.5) is 5.69 Å². The Balaban J connectivity index is 1.58. The molecule has 0 saturated carbocycles. The molecule has 2 bridgehead atoms. The van der Waals surface area contributed by atoms with Gasteiger partial charge < -0.3 is 5.11 Å². The number of rotatable bonds is 2. The van der Waals surface area contributed by atoms with Gasteiger partial charge in [-0.15, -0.1) is 0 Å². The van der Waals surface area contributed by atoms with Crippen LogP contribution in [0, 0.1) is 11.8 Å². The molecule has 4 aliphatic rings. The summed E-state index contributed by atoms with van der Waals surface area (Å²) in [5.41, 5.74) is 4.15. The van der Waals surface area contributed by atoms with E-state index in [-0.39, 0.29) is 23.3 Å². The zero-order valence-electron chi connectivity index (χ0n) is 16.8. The Bertz CT molecular complexity index is 1260. The number of hydrogen-bond donors (Lipinski definition) is 1. The summed E-state index contributed by atoms with van der Waals surface area (Å²) in [4.78, 5) is 40.2. The van der Waals surface area contributed by atoms with Gasteiger partial charge in [-0.25, -0.2) is 9.69 Å². The molecule has 5 heteroatoms. The molecule has 2 atom stereocenters. The maximum atomic E-state index is 13.8. The number of benzene rings is 3. The molecule has 0 spiro atoms. The van der Waals surface area contributed by atoms with Crippen LogP contribution in [-0.2, 0) is 15.0 Å². The van der Waals surface area contributed by atoms with Crippen molar-refractivity contribution in [3.8, 4) is 0 Å². The Morgan fingerprint density at radius 1 is 0.871 bits per heavy atom. The summed E-state index contributed by atoms with van der Waals surface area (Å²) in [6.45, 7) is 2.07. The van der Waals surface area contributed by atoms with Gasteiger partial charge in [-0.05, 0) is 40.5 Å². The summed E-state index contributed by atoms with van der Waals surface area (Å²) in [6.07, 6.45) is 0. The van der Waals surface area contributed by atoms with Crippen molar-refractivity contribution >= 4 is 23.5 Å². The van der Waals surface area contributed by atoms with Gasteiger partial charge >= 0.3 is 5.97 Å². The first-order valence-corrected chi connectivity index (χ1v) is 10.3. The summed E-state index contributed by atoms with van der Waals surface area (Å²) in [7, 11) is 0. The van der Waals surface area contributed by atoms with Crippen LogP contribution in [0.25, 0.3) is 0 Å². The van der Waals surface area contributed by atoms with Gasteiger partial charge in [0.15, 0.2) is 0 Å². The van der Waals surface area contributed by atoms with Gasteiger partial charge in [0.2, 0.25) is 11.8 Å². The highest BCUT2D eigenvalue weighted by Crippen LogP contribution is 2.64. The predicted molar refractivity (Wildman–Crippen MR) is 114 cm³/mol. The van der Waals surface area contributed by atoms with Crippen molar-refractivity contribution in [2.75, 3.05) is 4.90 Å². The Labute approximate surface area is 178 Å². The molecule has 3 aliphatic carbocycles. The molecule has 1 fully saturated rings. The largest absolute Gasteiger partial charge is 0.478 e. The number of imide groups is 1. The molecular formula is C26H19NO4. The van der Waals surface area contributed by atoms with E-state index in [0.29, 0.717) is 5.69 Å². The number of anilines is 1. The Hall–Kier alpha value is -3.73. The van der Waals surface area contributed by atoms with Crippen LogP contribution in [0.3, 0.4) is 0 Å². The molecule has 1 saturated heterocycles. The fraction of sp³-hybridized carbons (Fsp3) is 0.192. The van der Waals surface area contributed by atoms with E-state index in [4.69, 9.17) is 0 Å². The highest BCUT2D eigenvalue weighted by atomic mass is 16.4. The van der Waals surface area contributed by atoms with Gasteiger partial charge in [0, 0.05) is 11.3 Å². The lowest BCUT2D eigenvalue weighted by atomic mass is 9.48. The average Bonchev–Trinajstić information content (AvgIpc) is 3.06. The lowest BCUT2D eigenvalue weighted by Gasteiger charge is -2.52. The quantitative estimate of drug-likeness (QED) is 0.651. The third-order valence-corrected chi connectivity index (χ3v) is 7.39. The van der Waals surface area contributed by atoms with Crippen molar-refractivity contribution < 1.29 is 19.5 Å². The maximum Gasteiger partial charge on any atom is 0.335 e. The van der Waals surface area contributed by atoms with Gasteiger partial charge in [0.25, 0.3) is 0 Å². The van der Waals surface area contributed by atoms with Crippen LogP contribution in [0.5, 0.6) is 0 Å². The van der Waals surface area contributed by atoms with Gasteiger partial charge in [0.1, 0.15) is 0 Å². The van der Waals surface area contributed by atoms with E-state index in [1.165, 1.54) is 17.0 Å². The summed E-state index contributed by atoms with van der Waals surface area (Å²) >= 11 is 0. The number of carboxylic acid groups (broad SMARTS) is 1. The standard InChI is InChI=1S/C26H19NO4/c1-26-18-11-4-2-9-16(18)20(17-10-3-5-12-19(17)26)21-22(26)24(29)27(23(21)28)15-8-6-7-14(13-15)25(30)31/h2-13,20-22H,1H3,(H,30,31). The van der Waals surface area contributed by atoms with E-state index in [2.05, 4.69) is 31.2 Å². The number of amides is 2. The number of nitrogens with zero attached hydrogens (tertiary/aromatic N) is 1. The number of carboxylic acids is 1. The van der Waals surface area contributed by atoms with E-state index in [9.17, 15) is 19.5 Å². The molecule has 1 heterocycles. The predicted octanol–water partition coefficient (Wildman–Crippen LogP) is 3.96. The topological polar surface area (TPSA) is 74.7 Å². The van der Waals surface area contributed by atoms with Crippen molar-refractivity contribution in [1.82, 2.24) is 0 Å². The van der Waals surface area contributed by atoms with Gasteiger partial charge in [0.05, 0.1) is 23.1 Å². The van der Waals surface area contributed by atoms with Crippen molar-refractivity contribution in [3.05, 3.63) is 101 Å². The molecular weight excluding hydrogens is 390 g/mol. The smallest absolute Gasteiger partial charge is 0.335 e. The minimum Gasteiger partial charge on any atom is -0.478 e. The average molecular weight is 409 g/mol. The fourth-order valence-electron chi connectivity index (χ4n) is 6.18. The first-order chi connectivity index (χ1) is 14.9. The van der Waals surface area contributed by atoms with E-state index in [1.54, 1.807) is 12.1 Å². The summed E-state index contributed by atoms with van der Waals surface area (Å²) in [6, 6.07) is 22.3. The van der Waals surface area contributed by atoms with E-state index in [1.807, 2.05) is 24.3 Å². The summed E-state index contributed by atoms with van der Waals surface area (Å²) in [5, 5.41) is 9.37. The van der Waals surface area contributed by atoms with Crippen molar-refractivity contribution in [2.45, 2.75) is 18.3 Å². The van der Waals surface area contributed by atoms with Crippen LogP contribution in [0.15, 0.2) is 72.8 Å². The molecule has 31 heavy (non-hydrogen) atoms. The van der Waals surface area contributed by atoms with Crippen LogP contribution in [0.1, 0.15) is 45.5 Å². The van der Waals surface area contributed by atoms with Crippen LogP contribution >= 0.6 is 0 Å². The minimum atomic E-state index is -1.09. The van der Waals surface area contributed by atoms with E-state index >= 15 is 0 Å². The van der Waals surface area contributed by atoms with Crippen LogP contribution < -0.4 is 4.90 Å². The third-order valence-electron chi connectivity index (χ3n) is 7.39. The molecule has 0 aromatic heterocycles. The summed E-state index contributed by atoms with van der Waals surface area (Å²) < 4.78 is 0. The lowest BCUT2D eigenvalue weighted by molar-refractivity contribution is -0.123. The first-order valence-electron chi connectivity index (χ1n) is 10.3. The maximum absolute atomic E-state index is 13.8. The number of hydrogen-bond acceptors (Lipinski definition) is 3. The molecule has 152 valence electrons. The second-order valence-electron chi connectivity index (χ2n) is 8.73. The third kappa shape index (κ3) is 2.08. The second kappa shape index (κ2) is 5.91. The molecule has 2 amide bonds. The van der Waals surface area contributed by atoms with Crippen molar-refractivity contribution in [2.24, 2.45) is 11.8 Å². The van der Waals surface area contributed by atoms with Crippen LogP contribution in [0.2, 0.25) is 0 Å². The molecule has 3 aromatic rings. The first kappa shape index (κ1) is 18.1. The van der Waals surface area contributed by atoms with Crippen molar-refractivity contribution in [1.29, 1.82) is 0 Å². The highest BCUT2D eigenvalue weighted by molar-refractivity contribution is 6.24. The molecule has 7 rings (SSSR count). The van der Waals surface area contributed by atoms with Gasteiger partial charge in [-0.3, -0.25) is 9.59 Å². The lowest BCUT2D eigenvalue weighted by Crippen LogP contribution is -2.51. The monoisotopic (exact) mass is 409 g/mol. The molecule has 3 aromatic carbocycles. The molecule has 1 aliphatic heterocycles. The second-order valence-corrected chi connectivity index (χ2v) is 8.73. The zero-order chi connectivity index (χ0) is 21.5. The minimum absolute atomic E-state index is 0.0497. The molecule has 5 nitrogen and oxygen atoms in total. The Morgan fingerprint density at radius 3 is 2.10 bits per heavy atom.